The second-order valence-electron chi connectivity index (χ2n) is 4.73. The second kappa shape index (κ2) is 8.09. The summed E-state index contributed by atoms with van der Waals surface area (Å²) in [7, 11) is 0. The topological polar surface area (TPSA) is 49.3 Å². The first-order chi connectivity index (χ1) is 10.0. The number of carboxylic acid groups (broad SMARTS) is 1. The van der Waals surface area contributed by atoms with Gasteiger partial charge in [0.1, 0.15) is 6.04 Å². The first-order valence-corrected chi connectivity index (χ1v) is 8.65. The van der Waals surface area contributed by atoms with Crippen LogP contribution in [0.1, 0.15) is 11.1 Å². The van der Waals surface area contributed by atoms with Gasteiger partial charge in [0.25, 0.3) is 0 Å². The summed E-state index contributed by atoms with van der Waals surface area (Å²) in [5, 5.41) is 12.5. The van der Waals surface area contributed by atoms with Crippen molar-refractivity contribution in [3.63, 3.8) is 0 Å². The molecule has 0 radical (unpaired) electrons. The number of hydrogen-bond acceptors (Lipinski definition) is 2. The lowest BCUT2D eigenvalue weighted by molar-refractivity contribution is -0.139. The minimum Gasteiger partial charge on any atom is -0.480 e. The summed E-state index contributed by atoms with van der Waals surface area (Å²) in [4.78, 5) is 11.4. The van der Waals surface area contributed by atoms with Crippen molar-refractivity contribution in [2.75, 3.05) is 0 Å². The molecule has 5 heteroatoms. The van der Waals surface area contributed by atoms with Gasteiger partial charge in [0, 0.05) is 13.7 Å². The molecule has 0 aliphatic heterocycles. The first kappa shape index (κ1) is 16.7. The summed E-state index contributed by atoms with van der Waals surface area (Å²) >= 11 is 4.49. The zero-order chi connectivity index (χ0) is 15.2. The molecule has 0 saturated carbocycles. The van der Waals surface area contributed by atoms with Gasteiger partial charge in [0.2, 0.25) is 0 Å². The highest BCUT2D eigenvalue weighted by Gasteiger charge is 2.17. The Morgan fingerprint density at radius 3 is 1.90 bits per heavy atom. The lowest BCUT2D eigenvalue weighted by atomic mass is 10.1. The van der Waals surface area contributed by atoms with Gasteiger partial charge in [-0.2, -0.15) is 0 Å². The van der Waals surface area contributed by atoms with E-state index in [1.807, 2.05) is 48.5 Å². The van der Waals surface area contributed by atoms with Gasteiger partial charge in [-0.3, -0.25) is 4.79 Å². The Labute approximate surface area is 151 Å². The maximum atomic E-state index is 11.4. The van der Waals surface area contributed by atoms with Gasteiger partial charge in [-0.15, -0.1) is 0 Å². The van der Waals surface area contributed by atoms with Crippen molar-refractivity contribution < 1.29 is 9.90 Å². The lowest BCUT2D eigenvalue weighted by Crippen LogP contribution is -2.38. The highest BCUT2D eigenvalue weighted by atomic mass is 127. The zero-order valence-corrected chi connectivity index (χ0v) is 15.5. The third-order valence-corrected chi connectivity index (χ3v) is 4.56. The number of carbonyl (C=O) groups is 1. The second-order valence-corrected chi connectivity index (χ2v) is 7.22. The van der Waals surface area contributed by atoms with Crippen LogP contribution in [0.25, 0.3) is 0 Å². The zero-order valence-electron chi connectivity index (χ0n) is 11.2. The Bertz CT molecular complexity index is 597. The molecule has 0 saturated heterocycles. The molecule has 21 heavy (non-hydrogen) atoms. The number of nitrogens with one attached hydrogen (secondary N) is 1. The van der Waals surface area contributed by atoms with E-state index in [4.69, 9.17) is 0 Å². The minimum atomic E-state index is -0.820. The van der Waals surface area contributed by atoms with Gasteiger partial charge >= 0.3 is 5.97 Å². The third-order valence-electron chi connectivity index (χ3n) is 3.12. The molecule has 1 atom stereocenters. The molecule has 2 aromatic carbocycles. The average Bonchev–Trinajstić information content (AvgIpc) is 2.47. The maximum Gasteiger partial charge on any atom is 0.321 e. The van der Waals surface area contributed by atoms with E-state index in [2.05, 4.69) is 50.5 Å². The SMILES string of the molecule is O=C(O)[C@H](Cc1ccc(I)cc1)NCc1ccc(I)cc1. The summed E-state index contributed by atoms with van der Waals surface area (Å²) in [5.41, 5.74) is 2.11. The number of hydrogen-bond donors (Lipinski definition) is 2. The largest absolute Gasteiger partial charge is 0.480 e. The van der Waals surface area contributed by atoms with E-state index < -0.39 is 12.0 Å². The Morgan fingerprint density at radius 2 is 1.43 bits per heavy atom. The van der Waals surface area contributed by atoms with E-state index >= 15 is 0 Å². The van der Waals surface area contributed by atoms with Crippen LogP contribution in [0.2, 0.25) is 0 Å². The predicted molar refractivity (Wildman–Crippen MR) is 100 cm³/mol. The van der Waals surface area contributed by atoms with E-state index in [1.165, 1.54) is 3.57 Å². The standard InChI is InChI=1S/C16H15I2NO2/c17-13-5-1-11(2-6-13)9-15(16(20)21)19-10-12-3-7-14(18)8-4-12/h1-8,15,19H,9-10H2,(H,20,21)/t15-/m0/s1. The van der Waals surface area contributed by atoms with Crippen LogP contribution in [0.5, 0.6) is 0 Å². The highest BCUT2D eigenvalue weighted by molar-refractivity contribution is 14.1. The molecule has 0 aliphatic carbocycles. The summed E-state index contributed by atoms with van der Waals surface area (Å²) < 4.78 is 2.32. The summed E-state index contributed by atoms with van der Waals surface area (Å²) in [5.74, 6) is -0.820. The number of aliphatic carboxylic acids is 1. The molecular formula is C16H15I2NO2. The van der Waals surface area contributed by atoms with Gasteiger partial charge in [0.15, 0.2) is 0 Å². The molecule has 0 spiro atoms. The van der Waals surface area contributed by atoms with E-state index in [1.54, 1.807) is 0 Å². The fraction of sp³-hybridized carbons (Fsp3) is 0.188. The Morgan fingerprint density at radius 1 is 0.952 bits per heavy atom. The normalized spacial score (nSPS) is 12.1. The van der Waals surface area contributed by atoms with Crippen molar-refractivity contribution in [3.8, 4) is 0 Å². The molecule has 0 fully saturated rings. The molecule has 0 aromatic heterocycles. The number of rotatable bonds is 6. The fourth-order valence-electron chi connectivity index (χ4n) is 1.95. The Kier molecular flexibility index (Phi) is 6.43. The maximum absolute atomic E-state index is 11.4. The van der Waals surface area contributed by atoms with Crippen LogP contribution in [-0.2, 0) is 17.8 Å². The molecular weight excluding hydrogens is 492 g/mol. The van der Waals surface area contributed by atoms with Crippen molar-refractivity contribution in [1.29, 1.82) is 0 Å². The molecule has 2 aromatic rings. The van der Waals surface area contributed by atoms with E-state index in [0.29, 0.717) is 13.0 Å². The van der Waals surface area contributed by atoms with Gasteiger partial charge < -0.3 is 10.4 Å². The molecule has 2 N–H and O–H groups in total. The molecule has 2 rings (SSSR count). The van der Waals surface area contributed by atoms with Crippen LogP contribution >= 0.6 is 45.2 Å². The fourth-order valence-corrected chi connectivity index (χ4v) is 2.67. The first-order valence-electron chi connectivity index (χ1n) is 6.49. The van der Waals surface area contributed by atoms with Crippen LogP contribution < -0.4 is 5.32 Å². The van der Waals surface area contributed by atoms with Crippen LogP contribution in [0.4, 0.5) is 0 Å². The summed E-state index contributed by atoms with van der Waals surface area (Å²) in [6, 6.07) is 15.4. The highest BCUT2D eigenvalue weighted by Crippen LogP contribution is 2.10. The van der Waals surface area contributed by atoms with Crippen molar-refractivity contribution in [1.82, 2.24) is 5.32 Å². The van der Waals surface area contributed by atoms with Crippen LogP contribution in [-0.4, -0.2) is 17.1 Å². The Balaban J connectivity index is 1.97. The van der Waals surface area contributed by atoms with Gasteiger partial charge in [-0.1, -0.05) is 24.3 Å². The smallest absolute Gasteiger partial charge is 0.321 e. The van der Waals surface area contributed by atoms with Gasteiger partial charge in [0.05, 0.1) is 0 Å². The molecule has 0 amide bonds. The lowest BCUT2D eigenvalue weighted by Gasteiger charge is -2.15. The third kappa shape index (κ3) is 5.55. The molecule has 0 bridgehead atoms. The molecule has 3 nitrogen and oxygen atoms in total. The van der Waals surface area contributed by atoms with Crippen molar-refractivity contribution >= 4 is 51.2 Å². The molecule has 0 unspecified atom stereocenters. The molecule has 0 aliphatic rings. The van der Waals surface area contributed by atoms with Gasteiger partial charge in [-0.05, 0) is 87.0 Å². The van der Waals surface area contributed by atoms with Crippen LogP contribution in [0, 0.1) is 7.14 Å². The average molecular weight is 507 g/mol. The van der Waals surface area contributed by atoms with E-state index in [9.17, 15) is 9.90 Å². The van der Waals surface area contributed by atoms with Crippen LogP contribution in [0.15, 0.2) is 48.5 Å². The van der Waals surface area contributed by atoms with E-state index in [-0.39, 0.29) is 0 Å². The summed E-state index contributed by atoms with van der Waals surface area (Å²) in [6.07, 6.45) is 0.483. The van der Waals surface area contributed by atoms with Crippen molar-refractivity contribution in [3.05, 3.63) is 66.8 Å². The van der Waals surface area contributed by atoms with Crippen LogP contribution in [0.3, 0.4) is 0 Å². The minimum absolute atomic E-state index is 0.483. The van der Waals surface area contributed by atoms with E-state index in [0.717, 1.165) is 14.7 Å². The Hall–Kier alpha value is -0.670. The molecule has 0 heterocycles. The summed E-state index contributed by atoms with van der Waals surface area (Å²) in [6.45, 7) is 0.554. The predicted octanol–water partition coefficient (Wildman–Crippen LogP) is 3.68. The number of halogens is 2. The monoisotopic (exact) mass is 507 g/mol. The van der Waals surface area contributed by atoms with Crippen molar-refractivity contribution in [2.24, 2.45) is 0 Å². The van der Waals surface area contributed by atoms with Gasteiger partial charge in [-0.25, -0.2) is 0 Å². The van der Waals surface area contributed by atoms with Crippen molar-refractivity contribution in [2.45, 2.75) is 19.0 Å². The number of benzene rings is 2. The molecule has 110 valence electrons. The quantitative estimate of drug-likeness (QED) is 0.588. The number of carboxylic acids is 1.